The van der Waals surface area contributed by atoms with Gasteiger partial charge < -0.3 is 9.47 Å². The number of rotatable bonds is 16. The average molecular weight is 543 g/mol. The van der Waals surface area contributed by atoms with E-state index in [4.69, 9.17) is 9.47 Å². The second-order valence-corrected chi connectivity index (χ2v) is 12.0. The monoisotopic (exact) mass is 542 g/mol. The molecule has 38 heavy (non-hydrogen) atoms. The van der Waals surface area contributed by atoms with Crippen molar-refractivity contribution in [2.45, 2.75) is 129 Å². The third-order valence-electron chi connectivity index (χ3n) is 8.87. The Labute approximate surface area is 228 Å². The van der Waals surface area contributed by atoms with E-state index in [1.165, 1.54) is 50.7 Å². The van der Waals surface area contributed by atoms with Crippen molar-refractivity contribution < 1.29 is 27.0 Å². The van der Waals surface area contributed by atoms with Crippen LogP contribution in [0.3, 0.4) is 0 Å². The highest BCUT2D eigenvalue weighted by molar-refractivity contribution is 5.35. The van der Waals surface area contributed by atoms with E-state index < -0.39 is 24.0 Å². The normalized spacial score (nSPS) is 25.6. The van der Waals surface area contributed by atoms with Gasteiger partial charge in [-0.05, 0) is 48.6 Å². The van der Waals surface area contributed by atoms with Crippen molar-refractivity contribution in [2.24, 2.45) is 23.7 Å². The summed E-state index contributed by atoms with van der Waals surface area (Å²) in [7, 11) is 0. The highest BCUT2D eigenvalue weighted by Gasteiger charge is 2.26. The number of ether oxygens (including phenoxy) is 2. The molecular weight excluding hydrogens is 492 g/mol. The molecule has 0 N–H and O–H groups in total. The third kappa shape index (κ3) is 10.3. The summed E-state index contributed by atoms with van der Waals surface area (Å²) in [5, 5.41) is 0. The minimum Gasteiger partial charge on any atom is -0.487 e. The first-order chi connectivity index (χ1) is 18.4. The second kappa shape index (κ2) is 16.6. The zero-order valence-corrected chi connectivity index (χ0v) is 23.7. The number of unbranched alkanes of at least 4 members (excludes halogenated alkanes) is 2. The molecule has 2 aliphatic carbocycles. The van der Waals surface area contributed by atoms with E-state index in [2.05, 4.69) is 13.8 Å². The van der Waals surface area contributed by atoms with Gasteiger partial charge >= 0.3 is 0 Å². The summed E-state index contributed by atoms with van der Waals surface area (Å²) < 4.78 is 68.8. The number of alkyl halides is 2. The average Bonchev–Trinajstić information content (AvgIpc) is 2.91. The number of hydrogen-bond acceptors (Lipinski definition) is 2. The zero-order valence-electron chi connectivity index (χ0n) is 23.7. The molecule has 2 aliphatic rings. The Hall–Kier alpha value is -1.46. The summed E-state index contributed by atoms with van der Waals surface area (Å²) in [6, 6.07) is 2.48. The molecule has 0 amide bonds. The Balaban J connectivity index is 1.36. The van der Waals surface area contributed by atoms with Crippen LogP contribution in [0.5, 0.6) is 11.5 Å². The maximum Gasteiger partial charge on any atom is 0.204 e. The molecule has 1 aromatic rings. The SMILES string of the molecule is CCCCCC1CCC(CC(F)COc2ccc(OCC(F)CC3CCC(CCC)CC3)c(F)c2F)CC1. The fraction of sp³-hybridized carbons (Fsp3) is 0.812. The maximum absolute atomic E-state index is 14.6. The fourth-order valence-electron chi connectivity index (χ4n) is 6.56. The van der Waals surface area contributed by atoms with Crippen molar-refractivity contribution in [3.05, 3.63) is 23.8 Å². The first kappa shape index (κ1) is 31.1. The predicted octanol–water partition coefficient (Wildman–Crippen LogP) is 10.2. The molecule has 0 bridgehead atoms. The van der Waals surface area contributed by atoms with Gasteiger partial charge in [0, 0.05) is 0 Å². The number of halogens is 4. The summed E-state index contributed by atoms with van der Waals surface area (Å²) >= 11 is 0. The van der Waals surface area contributed by atoms with E-state index in [0.29, 0.717) is 24.7 Å². The molecule has 2 nitrogen and oxygen atoms in total. The quantitative estimate of drug-likeness (QED) is 0.153. The molecule has 0 saturated heterocycles. The predicted molar refractivity (Wildman–Crippen MR) is 146 cm³/mol. The lowest BCUT2D eigenvalue weighted by atomic mass is 9.78. The van der Waals surface area contributed by atoms with Gasteiger partial charge in [-0.25, -0.2) is 8.78 Å². The van der Waals surface area contributed by atoms with Crippen LogP contribution in [0.25, 0.3) is 0 Å². The van der Waals surface area contributed by atoms with E-state index >= 15 is 0 Å². The smallest absolute Gasteiger partial charge is 0.204 e. The molecule has 1 aromatic carbocycles. The van der Waals surface area contributed by atoms with Crippen LogP contribution < -0.4 is 9.47 Å². The van der Waals surface area contributed by atoms with Crippen molar-refractivity contribution in [2.75, 3.05) is 13.2 Å². The lowest BCUT2D eigenvalue weighted by Crippen LogP contribution is -2.22. The Morgan fingerprint density at radius 3 is 1.47 bits per heavy atom. The molecular formula is C32H50F4O2. The molecule has 2 unspecified atom stereocenters. The molecule has 0 aliphatic heterocycles. The fourth-order valence-corrected chi connectivity index (χ4v) is 6.56. The van der Waals surface area contributed by atoms with Crippen LogP contribution in [0.1, 0.15) is 117 Å². The third-order valence-corrected chi connectivity index (χ3v) is 8.87. The van der Waals surface area contributed by atoms with Crippen molar-refractivity contribution in [1.29, 1.82) is 0 Å². The van der Waals surface area contributed by atoms with Crippen LogP contribution in [0, 0.1) is 35.3 Å². The van der Waals surface area contributed by atoms with Gasteiger partial charge in [0.1, 0.15) is 25.6 Å². The van der Waals surface area contributed by atoms with Crippen LogP contribution in [0.15, 0.2) is 12.1 Å². The minimum absolute atomic E-state index is 0.306. The van der Waals surface area contributed by atoms with Gasteiger partial charge in [-0.3, -0.25) is 0 Å². The first-order valence-electron chi connectivity index (χ1n) is 15.4. The van der Waals surface area contributed by atoms with E-state index in [1.807, 2.05) is 0 Å². The lowest BCUT2D eigenvalue weighted by Gasteiger charge is -2.29. The Kier molecular flexibility index (Phi) is 13.6. The molecule has 2 fully saturated rings. The van der Waals surface area contributed by atoms with Crippen LogP contribution in [0.4, 0.5) is 17.6 Å². The van der Waals surface area contributed by atoms with Crippen LogP contribution in [0.2, 0.25) is 0 Å². The molecule has 0 spiro atoms. The van der Waals surface area contributed by atoms with Crippen molar-refractivity contribution >= 4 is 0 Å². The summed E-state index contributed by atoms with van der Waals surface area (Å²) in [5.41, 5.74) is 0. The van der Waals surface area contributed by atoms with E-state index in [-0.39, 0.29) is 24.7 Å². The van der Waals surface area contributed by atoms with Crippen LogP contribution >= 0.6 is 0 Å². The molecule has 2 saturated carbocycles. The van der Waals surface area contributed by atoms with Crippen molar-refractivity contribution in [1.82, 2.24) is 0 Å². The van der Waals surface area contributed by atoms with Crippen LogP contribution in [-0.2, 0) is 0 Å². The Bertz CT molecular complexity index is 788. The summed E-state index contributed by atoms with van der Waals surface area (Å²) in [5.74, 6) is -0.922. The summed E-state index contributed by atoms with van der Waals surface area (Å²) in [6.45, 7) is 3.80. The second-order valence-electron chi connectivity index (χ2n) is 12.0. The van der Waals surface area contributed by atoms with Gasteiger partial charge in [0.05, 0.1) is 0 Å². The van der Waals surface area contributed by atoms with Crippen molar-refractivity contribution in [3.63, 3.8) is 0 Å². The topological polar surface area (TPSA) is 18.5 Å². The van der Waals surface area contributed by atoms with Gasteiger partial charge in [-0.15, -0.1) is 0 Å². The van der Waals surface area contributed by atoms with Crippen molar-refractivity contribution in [3.8, 4) is 11.5 Å². The Morgan fingerprint density at radius 1 is 0.632 bits per heavy atom. The van der Waals surface area contributed by atoms with Gasteiger partial charge in [0.25, 0.3) is 0 Å². The van der Waals surface area contributed by atoms with Crippen LogP contribution in [-0.4, -0.2) is 25.6 Å². The molecule has 2 atom stereocenters. The standard InChI is InChI=1S/C32H50F4O2/c1-3-5-6-8-24-11-15-26(16-12-24)20-28(34)22-38-30-18-17-29(31(35)32(30)36)37-21-27(33)19-25-13-9-23(7-4-2)10-14-25/h17-18,23-28H,3-16,19-22H2,1-2H3. The summed E-state index contributed by atoms with van der Waals surface area (Å²) in [4.78, 5) is 0. The number of hydrogen-bond donors (Lipinski definition) is 0. The minimum atomic E-state index is -1.22. The highest BCUT2D eigenvalue weighted by atomic mass is 19.2. The largest absolute Gasteiger partial charge is 0.487 e. The molecule has 218 valence electrons. The Morgan fingerprint density at radius 2 is 1.05 bits per heavy atom. The first-order valence-corrected chi connectivity index (χ1v) is 15.4. The van der Waals surface area contributed by atoms with Gasteiger partial charge in [0.2, 0.25) is 11.6 Å². The van der Waals surface area contributed by atoms with E-state index in [1.54, 1.807) is 0 Å². The molecule has 3 rings (SSSR count). The molecule has 0 radical (unpaired) electrons. The van der Waals surface area contributed by atoms with E-state index in [0.717, 1.165) is 63.2 Å². The van der Waals surface area contributed by atoms with Gasteiger partial charge in [-0.2, -0.15) is 8.78 Å². The molecule has 0 heterocycles. The lowest BCUT2D eigenvalue weighted by molar-refractivity contribution is 0.137. The summed E-state index contributed by atoms with van der Waals surface area (Å²) in [6.07, 6.45) is 14.6. The van der Waals surface area contributed by atoms with Gasteiger partial charge in [0.15, 0.2) is 11.5 Å². The maximum atomic E-state index is 14.6. The molecule has 0 aromatic heterocycles. The number of benzene rings is 1. The van der Waals surface area contributed by atoms with Gasteiger partial charge in [-0.1, -0.05) is 104 Å². The molecule has 6 heteroatoms. The zero-order chi connectivity index (χ0) is 27.3. The highest BCUT2D eigenvalue weighted by Crippen LogP contribution is 2.36. The van der Waals surface area contributed by atoms with E-state index in [9.17, 15) is 17.6 Å².